The molecule has 0 bridgehead atoms. The molecule has 1 aromatic carbocycles. The number of halogens is 1. The van der Waals surface area contributed by atoms with Crippen molar-refractivity contribution in [3.05, 3.63) is 45.5 Å². The van der Waals surface area contributed by atoms with Gasteiger partial charge in [0, 0.05) is 29.4 Å². The SMILES string of the molecule is Cc1[nH]c2ccc(F)cc2c(=O)c1C[NH+](C)C1CC[NH+](C)CC1. The summed E-state index contributed by atoms with van der Waals surface area (Å²) in [5, 5.41) is 0.450. The van der Waals surface area contributed by atoms with E-state index in [1.807, 2.05) is 6.92 Å². The first-order valence-electron chi connectivity index (χ1n) is 8.40. The molecule has 0 amide bonds. The minimum Gasteiger partial charge on any atom is -0.358 e. The van der Waals surface area contributed by atoms with Crippen LogP contribution in [-0.2, 0) is 6.54 Å². The molecule has 1 fully saturated rings. The Morgan fingerprint density at radius 2 is 2.04 bits per heavy atom. The van der Waals surface area contributed by atoms with Crippen LogP contribution in [0.4, 0.5) is 4.39 Å². The number of pyridine rings is 1. The van der Waals surface area contributed by atoms with Crippen molar-refractivity contribution >= 4 is 10.9 Å². The first-order chi connectivity index (χ1) is 11.0. The average molecular weight is 319 g/mol. The van der Waals surface area contributed by atoms with Crippen molar-refractivity contribution in [1.82, 2.24) is 4.98 Å². The minimum atomic E-state index is -0.364. The third kappa shape index (κ3) is 3.31. The van der Waals surface area contributed by atoms with Gasteiger partial charge in [-0.1, -0.05) is 0 Å². The summed E-state index contributed by atoms with van der Waals surface area (Å²) in [6.45, 7) is 5.02. The van der Waals surface area contributed by atoms with Crippen LogP contribution in [0.1, 0.15) is 24.1 Å². The van der Waals surface area contributed by atoms with Crippen LogP contribution in [-0.4, -0.2) is 38.2 Å². The Kier molecular flexibility index (Phi) is 4.50. The van der Waals surface area contributed by atoms with E-state index in [4.69, 9.17) is 0 Å². The lowest BCUT2D eigenvalue weighted by Gasteiger charge is -2.30. The van der Waals surface area contributed by atoms with E-state index in [2.05, 4.69) is 19.1 Å². The van der Waals surface area contributed by atoms with E-state index >= 15 is 0 Å². The molecule has 0 aliphatic carbocycles. The fraction of sp³-hybridized carbons (Fsp3) is 0.500. The molecule has 0 spiro atoms. The Labute approximate surface area is 135 Å². The highest BCUT2D eigenvalue weighted by atomic mass is 19.1. The summed E-state index contributed by atoms with van der Waals surface area (Å²) in [6.07, 6.45) is 2.38. The van der Waals surface area contributed by atoms with Crippen molar-refractivity contribution in [1.29, 1.82) is 0 Å². The Balaban J connectivity index is 1.89. The van der Waals surface area contributed by atoms with Gasteiger partial charge in [0.25, 0.3) is 0 Å². The van der Waals surface area contributed by atoms with Gasteiger partial charge in [0.15, 0.2) is 5.43 Å². The smallest absolute Gasteiger partial charge is 0.198 e. The van der Waals surface area contributed by atoms with Crippen molar-refractivity contribution < 1.29 is 14.2 Å². The largest absolute Gasteiger partial charge is 0.358 e. The normalized spacial score (nSPS) is 23.1. The quantitative estimate of drug-likeness (QED) is 0.712. The first-order valence-corrected chi connectivity index (χ1v) is 8.40. The summed E-state index contributed by atoms with van der Waals surface area (Å²) >= 11 is 0. The number of hydrogen-bond donors (Lipinski definition) is 3. The summed E-state index contributed by atoms with van der Waals surface area (Å²) < 4.78 is 13.5. The highest BCUT2D eigenvalue weighted by Crippen LogP contribution is 2.12. The average Bonchev–Trinajstić information content (AvgIpc) is 2.53. The molecule has 3 N–H and O–H groups in total. The number of nitrogens with one attached hydrogen (secondary N) is 3. The number of aryl methyl sites for hydroxylation is 1. The van der Waals surface area contributed by atoms with E-state index in [0.29, 0.717) is 23.5 Å². The Morgan fingerprint density at radius 3 is 2.74 bits per heavy atom. The molecular formula is C18H26FN3O+2. The number of aromatic nitrogens is 1. The summed E-state index contributed by atoms with van der Waals surface area (Å²) in [4.78, 5) is 19.0. The lowest BCUT2D eigenvalue weighted by molar-refractivity contribution is -0.948. The van der Waals surface area contributed by atoms with E-state index in [1.165, 1.54) is 43.0 Å². The van der Waals surface area contributed by atoms with Crippen LogP contribution in [0.2, 0.25) is 0 Å². The van der Waals surface area contributed by atoms with Crippen molar-refractivity contribution in [2.24, 2.45) is 0 Å². The van der Waals surface area contributed by atoms with E-state index in [-0.39, 0.29) is 11.2 Å². The lowest BCUT2D eigenvalue weighted by Crippen LogP contribution is -3.17. The molecule has 4 nitrogen and oxygen atoms in total. The van der Waals surface area contributed by atoms with Crippen LogP contribution >= 0.6 is 0 Å². The van der Waals surface area contributed by atoms with Crippen molar-refractivity contribution in [3.8, 4) is 0 Å². The van der Waals surface area contributed by atoms with Crippen LogP contribution in [0.3, 0.4) is 0 Å². The number of likely N-dealkylation sites (tertiary alicyclic amines) is 1. The summed E-state index contributed by atoms with van der Waals surface area (Å²) in [7, 11) is 4.40. The zero-order valence-corrected chi connectivity index (χ0v) is 14.1. The van der Waals surface area contributed by atoms with E-state index in [1.54, 1.807) is 11.0 Å². The number of H-pyrrole nitrogens is 1. The zero-order chi connectivity index (χ0) is 16.6. The molecule has 2 aromatic rings. The van der Waals surface area contributed by atoms with E-state index in [0.717, 1.165) is 11.3 Å². The molecule has 1 aliphatic heterocycles. The van der Waals surface area contributed by atoms with Crippen molar-refractivity contribution in [3.63, 3.8) is 0 Å². The monoisotopic (exact) mass is 319 g/mol. The zero-order valence-electron chi connectivity index (χ0n) is 14.1. The summed E-state index contributed by atoms with van der Waals surface area (Å²) in [5.41, 5.74) is 2.35. The van der Waals surface area contributed by atoms with Crippen LogP contribution in [0, 0.1) is 12.7 Å². The molecule has 1 unspecified atom stereocenters. The second-order valence-corrected chi connectivity index (χ2v) is 7.00. The Bertz CT molecular complexity index is 763. The molecule has 0 saturated carbocycles. The van der Waals surface area contributed by atoms with Crippen LogP contribution in [0.25, 0.3) is 10.9 Å². The van der Waals surface area contributed by atoms with Crippen molar-refractivity contribution in [2.45, 2.75) is 32.4 Å². The summed E-state index contributed by atoms with van der Waals surface area (Å²) in [5.74, 6) is -0.364. The van der Waals surface area contributed by atoms with Gasteiger partial charge in [-0.2, -0.15) is 0 Å². The van der Waals surface area contributed by atoms with Gasteiger partial charge in [0.2, 0.25) is 0 Å². The minimum absolute atomic E-state index is 0.0337. The van der Waals surface area contributed by atoms with Gasteiger partial charge in [0.05, 0.1) is 38.8 Å². The fourth-order valence-electron chi connectivity index (χ4n) is 3.66. The maximum Gasteiger partial charge on any atom is 0.198 e. The molecule has 1 aliphatic rings. The Hall–Kier alpha value is -1.72. The highest BCUT2D eigenvalue weighted by Gasteiger charge is 2.27. The standard InChI is InChI=1S/C18H24FN3O/c1-12-16(11-22(3)14-6-8-21(2)9-7-14)18(23)15-10-13(19)4-5-17(15)20-12/h4-5,10,14H,6-9,11H2,1-3H3,(H,20,23)/p+2. The Morgan fingerprint density at radius 1 is 1.35 bits per heavy atom. The maximum absolute atomic E-state index is 13.5. The third-order valence-electron chi connectivity index (χ3n) is 5.27. The topological polar surface area (TPSA) is 41.7 Å². The molecule has 23 heavy (non-hydrogen) atoms. The molecule has 0 radical (unpaired) electrons. The molecule has 5 heteroatoms. The lowest BCUT2D eigenvalue weighted by atomic mass is 10.0. The molecule has 2 heterocycles. The molecule has 124 valence electrons. The number of rotatable bonds is 3. The maximum atomic E-state index is 13.5. The third-order valence-corrected chi connectivity index (χ3v) is 5.27. The molecular weight excluding hydrogens is 293 g/mol. The van der Waals surface area contributed by atoms with Gasteiger partial charge < -0.3 is 14.8 Å². The first kappa shape index (κ1) is 16.1. The van der Waals surface area contributed by atoms with Gasteiger partial charge in [-0.3, -0.25) is 4.79 Å². The summed E-state index contributed by atoms with van der Waals surface area (Å²) in [6, 6.07) is 4.96. The van der Waals surface area contributed by atoms with Gasteiger partial charge >= 0.3 is 0 Å². The van der Waals surface area contributed by atoms with Gasteiger partial charge in [-0.05, 0) is 25.1 Å². The van der Waals surface area contributed by atoms with Gasteiger partial charge in [-0.25, -0.2) is 4.39 Å². The molecule has 1 aromatic heterocycles. The van der Waals surface area contributed by atoms with Crippen LogP contribution < -0.4 is 15.2 Å². The molecule has 1 saturated heterocycles. The van der Waals surface area contributed by atoms with Gasteiger partial charge in [0.1, 0.15) is 12.4 Å². The van der Waals surface area contributed by atoms with Crippen LogP contribution in [0.5, 0.6) is 0 Å². The molecule has 3 rings (SSSR count). The predicted molar refractivity (Wildman–Crippen MR) is 89.5 cm³/mol. The number of quaternary nitrogens is 2. The van der Waals surface area contributed by atoms with E-state index < -0.39 is 0 Å². The van der Waals surface area contributed by atoms with Gasteiger partial charge in [-0.15, -0.1) is 0 Å². The fourth-order valence-corrected chi connectivity index (χ4v) is 3.66. The number of benzene rings is 1. The number of piperidine rings is 1. The number of aromatic amines is 1. The highest BCUT2D eigenvalue weighted by molar-refractivity contribution is 5.79. The van der Waals surface area contributed by atoms with Crippen LogP contribution in [0.15, 0.2) is 23.0 Å². The number of hydrogen-bond acceptors (Lipinski definition) is 1. The predicted octanol–water partition coefficient (Wildman–Crippen LogP) is -0.333. The molecule has 1 atom stereocenters. The van der Waals surface area contributed by atoms with Crippen molar-refractivity contribution in [2.75, 3.05) is 27.2 Å². The number of fused-ring (bicyclic) bond motifs is 1. The second-order valence-electron chi connectivity index (χ2n) is 7.00. The van der Waals surface area contributed by atoms with E-state index in [9.17, 15) is 9.18 Å². The second kappa shape index (κ2) is 6.42.